The Morgan fingerprint density at radius 2 is 1.00 bits per heavy atom. The summed E-state index contributed by atoms with van der Waals surface area (Å²) in [6.07, 6.45) is 0. The molecule has 0 aromatic carbocycles. The fraction of sp³-hybridized carbons (Fsp3) is 0. The second-order valence-electron chi connectivity index (χ2n) is 0. The van der Waals surface area contributed by atoms with E-state index in [0.717, 1.165) is 0 Å². The predicted octanol–water partition coefficient (Wildman–Crippen LogP) is -2.26. The first-order valence-corrected chi connectivity index (χ1v) is 0. The molecule has 4 heavy (non-hydrogen) atoms. The molecular formula is H8AgPbSSi. The summed E-state index contributed by atoms with van der Waals surface area (Å²) in [4.78, 5) is 0. The molecule has 33 valence electrons. The van der Waals surface area contributed by atoms with Gasteiger partial charge in [-0.25, -0.2) is 0 Å². The quantitative estimate of drug-likeness (QED) is 0.415. The van der Waals surface area contributed by atoms with E-state index in [1.165, 1.54) is 0 Å². The third-order valence-corrected chi connectivity index (χ3v) is 0. The molecule has 0 aliphatic carbocycles. The third-order valence-electron chi connectivity index (χ3n) is 0. The van der Waals surface area contributed by atoms with E-state index in [2.05, 4.69) is 0 Å². The average Bonchev–Trinajstić information content (AvgIpc) is 0. The monoisotopic (exact) mass is 383 g/mol. The van der Waals surface area contributed by atoms with Gasteiger partial charge < -0.3 is 0 Å². The molecule has 0 spiro atoms. The zero-order chi connectivity index (χ0) is 0. The summed E-state index contributed by atoms with van der Waals surface area (Å²) in [6.45, 7) is 0. The van der Waals surface area contributed by atoms with Crippen LogP contribution >= 0.6 is 13.5 Å². The molecule has 0 aromatic heterocycles. The van der Waals surface area contributed by atoms with E-state index in [1.807, 2.05) is 0 Å². The molecule has 0 fully saturated rings. The van der Waals surface area contributed by atoms with E-state index >= 15 is 0 Å². The Morgan fingerprint density at radius 3 is 1.00 bits per heavy atom. The second kappa shape index (κ2) is 18.8. The standard InChI is InChI=1S/Ag.Pb.H2S.H4Si.2H/h;;1H2;1H4;;. The number of rotatable bonds is 0. The Balaban J connectivity index is 0. The molecule has 0 bridgehead atoms. The Hall–Kier alpha value is 2.23. The van der Waals surface area contributed by atoms with Crippen molar-refractivity contribution in [3.63, 3.8) is 0 Å². The Morgan fingerprint density at radius 1 is 1.00 bits per heavy atom. The molecule has 0 saturated heterocycles. The van der Waals surface area contributed by atoms with Gasteiger partial charge in [-0.1, -0.05) is 0 Å². The van der Waals surface area contributed by atoms with Crippen molar-refractivity contribution in [2.75, 3.05) is 0 Å². The minimum Gasteiger partial charge on any atom is -0.0149 e. The fourth-order valence-corrected chi connectivity index (χ4v) is 0. The molecule has 0 N–H and O–H groups in total. The Labute approximate surface area is 73.3 Å². The SMILES string of the molecule is S.[Ag].[PbH2].[SiH4]. The average molecular weight is 383 g/mol. The molecule has 0 nitrogen and oxygen atoms in total. The first-order chi connectivity index (χ1) is 0. The van der Waals surface area contributed by atoms with E-state index in [0.29, 0.717) is 0 Å². The maximum Gasteiger partial charge on any atom is -0.0149 e. The van der Waals surface area contributed by atoms with Gasteiger partial charge in [0.1, 0.15) is 0 Å². The van der Waals surface area contributed by atoms with Crippen LogP contribution in [0, 0.1) is 0 Å². The van der Waals surface area contributed by atoms with Gasteiger partial charge in [0.2, 0.25) is 0 Å². The van der Waals surface area contributed by atoms with Crippen LogP contribution in [-0.4, -0.2) is 38.3 Å². The molecule has 0 atom stereocenters. The van der Waals surface area contributed by atoms with Crippen molar-refractivity contribution < 1.29 is 22.4 Å². The van der Waals surface area contributed by atoms with Gasteiger partial charge in [0.05, 0.1) is 0 Å². The van der Waals surface area contributed by atoms with Crippen LogP contribution in [0.2, 0.25) is 0 Å². The summed E-state index contributed by atoms with van der Waals surface area (Å²) < 4.78 is 0. The molecule has 4 heteroatoms. The minimum atomic E-state index is 0. The Kier molecular flexibility index (Phi) is 161. The number of hydrogen-bond donors (Lipinski definition) is 0. The molecule has 3 radical (unpaired) electrons. The normalized spacial score (nSPS) is 0. The molecule has 0 amide bonds. The van der Waals surface area contributed by atoms with Crippen LogP contribution in [0.1, 0.15) is 0 Å². The topological polar surface area (TPSA) is 0 Å². The molecule has 0 saturated carbocycles. The van der Waals surface area contributed by atoms with Crippen LogP contribution in [0.4, 0.5) is 0 Å². The summed E-state index contributed by atoms with van der Waals surface area (Å²) >= 11 is 0. The van der Waals surface area contributed by atoms with Gasteiger partial charge >= 0.3 is 27.3 Å². The molecule has 0 aliphatic heterocycles. The van der Waals surface area contributed by atoms with Crippen molar-refractivity contribution in [2.24, 2.45) is 0 Å². The van der Waals surface area contributed by atoms with Crippen LogP contribution in [0.5, 0.6) is 0 Å². The molecule has 0 unspecified atom stereocenters. The minimum absolute atomic E-state index is 0. The van der Waals surface area contributed by atoms with Gasteiger partial charge in [-0.05, 0) is 11.0 Å². The maximum absolute atomic E-state index is 0. The fourth-order valence-electron chi connectivity index (χ4n) is 0. The Bertz CT molecular complexity index is 8.00. The largest absolute Gasteiger partial charge is 0.0149 e. The molecule has 0 heterocycles. The van der Waals surface area contributed by atoms with Gasteiger partial charge in [-0.15, -0.1) is 0 Å². The second-order valence-corrected chi connectivity index (χ2v) is 0. The van der Waals surface area contributed by atoms with Crippen molar-refractivity contribution in [3.8, 4) is 0 Å². The van der Waals surface area contributed by atoms with Crippen LogP contribution in [0.3, 0.4) is 0 Å². The zero-order valence-electron chi connectivity index (χ0n) is 1.51. The molecule has 0 aromatic rings. The van der Waals surface area contributed by atoms with Crippen molar-refractivity contribution in [3.05, 3.63) is 0 Å². The van der Waals surface area contributed by atoms with Gasteiger partial charge in [0, 0.05) is 22.4 Å². The van der Waals surface area contributed by atoms with Gasteiger partial charge in [0.15, 0.2) is 0 Å². The van der Waals surface area contributed by atoms with Crippen LogP contribution < -0.4 is 0 Å². The van der Waals surface area contributed by atoms with E-state index in [1.54, 1.807) is 0 Å². The van der Waals surface area contributed by atoms with Gasteiger partial charge in [-0.2, -0.15) is 13.5 Å². The van der Waals surface area contributed by atoms with E-state index in [-0.39, 0.29) is 74.1 Å². The summed E-state index contributed by atoms with van der Waals surface area (Å²) in [6, 6.07) is 0. The maximum atomic E-state index is 0. The number of hydrogen-bond acceptors (Lipinski definition) is 0. The van der Waals surface area contributed by atoms with E-state index in [4.69, 9.17) is 0 Å². The molecular weight excluding hydrogens is 375 g/mol. The van der Waals surface area contributed by atoms with Crippen molar-refractivity contribution in [1.29, 1.82) is 0 Å². The van der Waals surface area contributed by atoms with Crippen LogP contribution in [-0.2, 0) is 22.4 Å². The van der Waals surface area contributed by atoms with Crippen LogP contribution in [0.15, 0.2) is 0 Å². The molecule has 0 aliphatic rings. The van der Waals surface area contributed by atoms with Crippen molar-refractivity contribution in [2.45, 2.75) is 0 Å². The predicted molar refractivity (Wildman–Crippen MR) is 30.3 cm³/mol. The van der Waals surface area contributed by atoms with Gasteiger partial charge in [-0.3, -0.25) is 0 Å². The summed E-state index contributed by atoms with van der Waals surface area (Å²) in [5.41, 5.74) is 0. The summed E-state index contributed by atoms with van der Waals surface area (Å²) in [5, 5.41) is 0. The molecule has 0 rings (SSSR count). The van der Waals surface area contributed by atoms with Crippen molar-refractivity contribution in [1.82, 2.24) is 0 Å². The van der Waals surface area contributed by atoms with E-state index < -0.39 is 0 Å². The van der Waals surface area contributed by atoms with E-state index in [9.17, 15) is 0 Å². The first-order valence-electron chi connectivity index (χ1n) is 0. The van der Waals surface area contributed by atoms with Crippen molar-refractivity contribution >= 4 is 51.8 Å². The summed E-state index contributed by atoms with van der Waals surface area (Å²) in [5.74, 6) is 0. The van der Waals surface area contributed by atoms with Gasteiger partial charge in [0.25, 0.3) is 0 Å². The zero-order valence-corrected chi connectivity index (χ0v) is 9.49. The van der Waals surface area contributed by atoms with Crippen LogP contribution in [0.25, 0.3) is 0 Å². The first kappa shape index (κ1) is 34.3. The summed E-state index contributed by atoms with van der Waals surface area (Å²) in [7, 11) is 0. The third kappa shape index (κ3) is 8.87. The smallest absolute Gasteiger partial charge is 0.0149 e.